The molecule has 0 radical (unpaired) electrons. The molecule has 0 spiro atoms. The molecule has 1 fully saturated rings. The van der Waals surface area contributed by atoms with E-state index in [-0.39, 0.29) is 30.9 Å². The number of para-hydroxylation sites is 1. The number of carbonyl (C=O) groups is 2. The fourth-order valence-corrected chi connectivity index (χ4v) is 3.06. The van der Waals surface area contributed by atoms with Crippen molar-refractivity contribution in [2.75, 3.05) is 37.7 Å². The molecule has 1 unspecified atom stereocenters. The van der Waals surface area contributed by atoms with Gasteiger partial charge in [-0.1, -0.05) is 30.3 Å². The number of anilines is 1. The summed E-state index contributed by atoms with van der Waals surface area (Å²) in [5.41, 5.74) is 1.48. The third kappa shape index (κ3) is 5.04. The molecule has 0 bridgehead atoms. The number of benzene rings is 2. The molecular formula is C20H21FN2O4. The summed E-state index contributed by atoms with van der Waals surface area (Å²) < 4.78 is 18.8. The van der Waals surface area contributed by atoms with Crippen molar-refractivity contribution < 1.29 is 23.8 Å². The van der Waals surface area contributed by atoms with Gasteiger partial charge >= 0.3 is 5.97 Å². The first-order valence-electron chi connectivity index (χ1n) is 8.69. The second-order valence-electron chi connectivity index (χ2n) is 6.34. The van der Waals surface area contributed by atoms with Gasteiger partial charge in [0.15, 0.2) is 0 Å². The third-order valence-electron chi connectivity index (χ3n) is 4.43. The minimum atomic E-state index is -1.00. The highest BCUT2D eigenvalue weighted by Gasteiger charge is 2.27. The molecule has 0 aromatic heterocycles. The molecule has 1 aliphatic rings. The van der Waals surface area contributed by atoms with Gasteiger partial charge in [-0.25, -0.2) is 4.39 Å². The summed E-state index contributed by atoms with van der Waals surface area (Å²) in [5, 5.41) is 9.16. The number of amides is 1. The van der Waals surface area contributed by atoms with Crippen molar-refractivity contribution in [3.05, 3.63) is 66.0 Å². The summed E-state index contributed by atoms with van der Waals surface area (Å²) >= 11 is 0. The Balaban J connectivity index is 1.68. The Bertz CT molecular complexity index is 782. The maximum atomic E-state index is 13.1. The van der Waals surface area contributed by atoms with Crippen molar-refractivity contribution in [3.63, 3.8) is 0 Å². The number of hydrogen-bond donors (Lipinski definition) is 1. The fraction of sp³-hybridized carbons (Fsp3) is 0.300. The molecule has 27 heavy (non-hydrogen) atoms. The summed E-state index contributed by atoms with van der Waals surface area (Å²) in [6, 6.07) is 15.0. The van der Waals surface area contributed by atoms with Crippen molar-refractivity contribution in [1.82, 2.24) is 4.90 Å². The first-order chi connectivity index (χ1) is 13.0. The number of rotatable bonds is 6. The van der Waals surface area contributed by atoms with Crippen LogP contribution in [0.3, 0.4) is 0 Å². The zero-order valence-electron chi connectivity index (χ0n) is 14.8. The van der Waals surface area contributed by atoms with E-state index in [0.29, 0.717) is 25.4 Å². The second kappa shape index (κ2) is 8.64. The van der Waals surface area contributed by atoms with Gasteiger partial charge < -0.3 is 19.6 Å². The van der Waals surface area contributed by atoms with Gasteiger partial charge in [-0.05, 0) is 29.8 Å². The Kier molecular flexibility index (Phi) is 6.03. The van der Waals surface area contributed by atoms with Crippen LogP contribution in [0.4, 0.5) is 10.1 Å². The summed E-state index contributed by atoms with van der Waals surface area (Å²) in [6.07, 6.45) is -0.326. The lowest BCUT2D eigenvalue weighted by molar-refractivity contribution is -0.138. The quantitative estimate of drug-likeness (QED) is 0.843. The first-order valence-corrected chi connectivity index (χ1v) is 8.69. The lowest BCUT2D eigenvalue weighted by Gasteiger charge is -2.34. The molecule has 6 nitrogen and oxygen atoms in total. The highest BCUT2D eigenvalue weighted by atomic mass is 19.1. The standard InChI is InChI=1S/C20H21FN2O4/c21-16-8-6-15(7-9-16)18-12-22(10-11-27-18)19(24)13-23(14-20(25)26)17-4-2-1-3-5-17/h1-9,18H,10-14H2,(H,25,26). The predicted octanol–water partition coefficient (Wildman–Crippen LogP) is 2.32. The number of carboxylic acid groups (broad SMARTS) is 1. The maximum absolute atomic E-state index is 13.1. The van der Waals surface area contributed by atoms with Crippen molar-refractivity contribution in [1.29, 1.82) is 0 Å². The Morgan fingerprint density at radius 1 is 1.11 bits per heavy atom. The monoisotopic (exact) mass is 372 g/mol. The van der Waals surface area contributed by atoms with E-state index >= 15 is 0 Å². The molecule has 0 saturated carbocycles. The number of ether oxygens (including phenoxy) is 1. The van der Waals surface area contributed by atoms with E-state index in [4.69, 9.17) is 9.84 Å². The van der Waals surface area contributed by atoms with Gasteiger partial charge in [-0.15, -0.1) is 0 Å². The Morgan fingerprint density at radius 2 is 1.81 bits per heavy atom. The average molecular weight is 372 g/mol. The molecule has 142 valence electrons. The lowest BCUT2D eigenvalue weighted by Crippen LogP contribution is -2.47. The topological polar surface area (TPSA) is 70.1 Å². The zero-order chi connectivity index (χ0) is 19.2. The number of halogens is 1. The van der Waals surface area contributed by atoms with Crippen LogP contribution >= 0.6 is 0 Å². The van der Waals surface area contributed by atoms with Crippen molar-refractivity contribution in [3.8, 4) is 0 Å². The van der Waals surface area contributed by atoms with Gasteiger partial charge in [0.25, 0.3) is 0 Å². The average Bonchev–Trinajstić information content (AvgIpc) is 2.68. The molecule has 1 N–H and O–H groups in total. The molecule has 1 amide bonds. The molecule has 1 saturated heterocycles. The molecule has 1 heterocycles. The van der Waals surface area contributed by atoms with E-state index in [9.17, 15) is 14.0 Å². The van der Waals surface area contributed by atoms with Crippen LogP contribution in [0.25, 0.3) is 0 Å². The molecule has 3 rings (SSSR count). The Labute approximate surface area is 156 Å². The van der Waals surface area contributed by atoms with Crippen LogP contribution in [0.15, 0.2) is 54.6 Å². The molecule has 7 heteroatoms. The number of carboxylic acids is 1. The highest BCUT2D eigenvalue weighted by Crippen LogP contribution is 2.23. The Morgan fingerprint density at radius 3 is 2.48 bits per heavy atom. The largest absolute Gasteiger partial charge is 0.480 e. The smallest absolute Gasteiger partial charge is 0.323 e. The highest BCUT2D eigenvalue weighted by molar-refractivity contribution is 5.84. The van der Waals surface area contributed by atoms with E-state index in [0.717, 1.165) is 5.56 Å². The van der Waals surface area contributed by atoms with Crippen molar-refractivity contribution in [2.45, 2.75) is 6.10 Å². The number of aliphatic carboxylic acids is 1. The maximum Gasteiger partial charge on any atom is 0.323 e. The van der Waals surface area contributed by atoms with Crippen LogP contribution in [0.5, 0.6) is 0 Å². The SMILES string of the molecule is O=C(O)CN(CC(=O)N1CCOC(c2ccc(F)cc2)C1)c1ccccc1. The van der Waals surface area contributed by atoms with Crippen LogP contribution in [-0.4, -0.2) is 54.7 Å². The third-order valence-corrected chi connectivity index (χ3v) is 4.43. The number of morpholine rings is 1. The van der Waals surface area contributed by atoms with Crippen LogP contribution in [0.1, 0.15) is 11.7 Å². The molecule has 1 aliphatic heterocycles. The van der Waals surface area contributed by atoms with Gasteiger partial charge in [0, 0.05) is 12.2 Å². The van der Waals surface area contributed by atoms with E-state index in [1.807, 2.05) is 6.07 Å². The van der Waals surface area contributed by atoms with E-state index in [1.165, 1.54) is 17.0 Å². The van der Waals surface area contributed by atoms with E-state index in [2.05, 4.69) is 0 Å². The van der Waals surface area contributed by atoms with Gasteiger partial charge in [0.2, 0.25) is 5.91 Å². The van der Waals surface area contributed by atoms with Crippen LogP contribution in [-0.2, 0) is 14.3 Å². The minimum Gasteiger partial charge on any atom is -0.480 e. The van der Waals surface area contributed by atoms with Gasteiger partial charge in [-0.2, -0.15) is 0 Å². The molecular weight excluding hydrogens is 351 g/mol. The first kappa shape index (κ1) is 18.8. The van der Waals surface area contributed by atoms with E-state index < -0.39 is 5.97 Å². The van der Waals surface area contributed by atoms with Gasteiger partial charge in [0.05, 0.1) is 19.7 Å². The molecule has 2 aromatic rings. The minimum absolute atomic E-state index is 0.0353. The molecule has 1 atom stereocenters. The summed E-state index contributed by atoms with van der Waals surface area (Å²) in [7, 11) is 0. The van der Waals surface area contributed by atoms with Gasteiger partial charge in [-0.3, -0.25) is 9.59 Å². The number of nitrogens with zero attached hydrogens (tertiary/aromatic N) is 2. The van der Waals surface area contributed by atoms with Crippen molar-refractivity contribution >= 4 is 17.6 Å². The normalized spacial score (nSPS) is 16.8. The van der Waals surface area contributed by atoms with Gasteiger partial charge in [0.1, 0.15) is 18.5 Å². The molecule has 0 aliphatic carbocycles. The van der Waals surface area contributed by atoms with E-state index in [1.54, 1.807) is 41.3 Å². The number of carbonyl (C=O) groups excluding carboxylic acids is 1. The fourth-order valence-electron chi connectivity index (χ4n) is 3.06. The molecule has 2 aromatic carbocycles. The van der Waals surface area contributed by atoms with Crippen LogP contribution in [0.2, 0.25) is 0 Å². The van der Waals surface area contributed by atoms with Crippen molar-refractivity contribution in [2.24, 2.45) is 0 Å². The summed E-state index contributed by atoms with van der Waals surface area (Å²) in [6.45, 7) is 0.860. The summed E-state index contributed by atoms with van der Waals surface area (Å²) in [4.78, 5) is 27.2. The van der Waals surface area contributed by atoms with Crippen LogP contribution in [0, 0.1) is 5.82 Å². The number of hydrogen-bond acceptors (Lipinski definition) is 4. The second-order valence-corrected chi connectivity index (χ2v) is 6.34. The predicted molar refractivity (Wildman–Crippen MR) is 98.0 cm³/mol. The zero-order valence-corrected chi connectivity index (χ0v) is 14.8. The lowest BCUT2D eigenvalue weighted by atomic mass is 10.1. The van der Waals surface area contributed by atoms with Crippen LogP contribution < -0.4 is 4.90 Å². The Hall–Kier alpha value is -2.93. The summed E-state index contributed by atoms with van der Waals surface area (Å²) in [5.74, 6) is -1.50.